The molecule has 1 N–H and O–H groups in total. The van der Waals surface area contributed by atoms with Crippen molar-refractivity contribution < 1.29 is 18.0 Å². The van der Waals surface area contributed by atoms with Gasteiger partial charge in [0.15, 0.2) is 0 Å². The predicted octanol–water partition coefficient (Wildman–Crippen LogP) is 4.75. The van der Waals surface area contributed by atoms with Crippen LogP contribution in [0.25, 0.3) is 0 Å². The van der Waals surface area contributed by atoms with Gasteiger partial charge in [0.1, 0.15) is 0 Å². The average Bonchev–Trinajstić information content (AvgIpc) is 2.99. The number of hydrogen-bond donors (Lipinski definition) is 1. The van der Waals surface area contributed by atoms with Crippen LogP contribution in [0.15, 0.2) is 42.5 Å². The molecule has 1 aliphatic rings. The maximum absolute atomic E-state index is 13.1. The summed E-state index contributed by atoms with van der Waals surface area (Å²) in [5.74, 6) is -0.111. The first-order valence-electron chi connectivity index (χ1n) is 7.85. The summed E-state index contributed by atoms with van der Waals surface area (Å²) >= 11 is 5.65. The molecule has 1 amide bonds. The Kier molecular flexibility index (Phi) is 4.90. The molecule has 0 aliphatic carbocycles. The van der Waals surface area contributed by atoms with Gasteiger partial charge in [0.05, 0.1) is 5.56 Å². The SMILES string of the molecule is O=C(CCNc1ccc(Cl)cc1C(F)(F)F)N1CCc2ccccc21. The lowest BCUT2D eigenvalue weighted by molar-refractivity contribution is -0.137. The van der Waals surface area contributed by atoms with Crippen LogP contribution in [-0.4, -0.2) is 19.0 Å². The molecule has 0 radical (unpaired) electrons. The third-order valence-electron chi connectivity index (χ3n) is 4.13. The van der Waals surface area contributed by atoms with Crippen molar-refractivity contribution in [1.82, 2.24) is 0 Å². The number of nitrogens with zero attached hydrogens (tertiary/aromatic N) is 1. The zero-order valence-electron chi connectivity index (χ0n) is 13.2. The van der Waals surface area contributed by atoms with E-state index in [-0.39, 0.29) is 29.6 Å². The van der Waals surface area contributed by atoms with E-state index in [4.69, 9.17) is 11.6 Å². The van der Waals surface area contributed by atoms with E-state index < -0.39 is 11.7 Å². The molecule has 0 saturated heterocycles. The van der Waals surface area contributed by atoms with Gasteiger partial charge in [-0.25, -0.2) is 0 Å². The highest BCUT2D eigenvalue weighted by atomic mass is 35.5. The van der Waals surface area contributed by atoms with Crippen LogP contribution in [0.2, 0.25) is 5.02 Å². The van der Waals surface area contributed by atoms with Crippen LogP contribution >= 0.6 is 11.6 Å². The number of carbonyl (C=O) groups is 1. The summed E-state index contributed by atoms with van der Waals surface area (Å²) in [6.07, 6.45) is -3.61. The first-order chi connectivity index (χ1) is 11.9. The van der Waals surface area contributed by atoms with Gasteiger partial charge < -0.3 is 10.2 Å². The zero-order chi connectivity index (χ0) is 18.0. The Morgan fingerprint density at radius 3 is 2.72 bits per heavy atom. The molecule has 3 nitrogen and oxygen atoms in total. The maximum Gasteiger partial charge on any atom is 0.418 e. The molecular formula is C18H16ClF3N2O. The van der Waals surface area contributed by atoms with E-state index in [0.29, 0.717) is 6.54 Å². The summed E-state index contributed by atoms with van der Waals surface area (Å²) in [6.45, 7) is 0.717. The van der Waals surface area contributed by atoms with Crippen molar-refractivity contribution in [3.8, 4) is 0 Å². The standard InChI is InChI=1S/C18H16ClF3N2O/c19-13-5-6-15(14(11-13)18(20,21)22)23-9-7-17(25)24-10-8-12-3-1-2-4-16(12)24/h1-6,11,23H,7-10H2. The Labute approximate surface area is 148 Å². The van der Waals surface area contributed by atoms with Crippen molar-refractivity contribution in [2.45, 2.75) is 19.0 Å². The number of halogens is 4. The molecule has 0 saturated carbocycles. The first-order valence-corrected chi connectivity index (χ1v) is 8.23. The number of benzene rings is 2. The highest BCUT2D eigenvalue weighted by Gasteiger charge is 2.33. The summed E-state index contributed by atoms with van der Waals surface area (Å²) in [7, 11) is 0. The molecule has 2 aromatic carbocycles. The molecular weight excluding hydrogens is 353 g/mol. The normalized spacial score (nSPS) is 13.7. The van der Waals surface area contributed by atoms with Crippen LogP contribution in [0.4, 0.5) is 24.5 Å². The van der Waals surface area contributed by atoms with Gasteiger partial charge in [0.2, 0.25) is 5.91 Å². The second kappa shape index (κ2) is 6.96. The molecule has 1 heterocycles. The number of para-hydroxylation sites is 1. The fourth-order valence-electron chi connectivity index (χ4n) is 2.94. The molecule has 0 fully saturated rings. The largest absolute Gasteiger partial charge is 0.418 e. The third-order valence-corrected chi connectivity index (χ3v) is 4.36. The van der Waals surface area contributed by atoms with Crippen LogP contribution < -0.4 is 10.2 Å². The minimum Gasteiger partial charge on any atom is -0.384 e. The van der Waals surface area contributed by atoms with E-state index >= 15 is 0 Å². The van der Waals surface area contributed by atoms with E-state index in [0.717, 1.165) is 23.7 Å². The van der Waals surface area contributed by atoms with Gasteiger partial charge in [-0.2, -0.15) is 13.2 Å². The molecule has 0 unspecified atom stereocenters. The highest BCUT2D eigenvalue weighted by Crippen LogP contribution is 2.36. The van der Waals surface area contributed by atoms with Crippen molar-refractivity contribution in [2.75, 3.05) is 23.3 Å². The number of nitrogens with one attached hydrogen (secondary N) is 1. The fourth-order valence-corrected chi connectivity index (χ4v) is 3.11. The fraction of sp³-hybridized carbons (Fsp3) is 0.278. The minimum absolute atomic E-state index is 0.0163. The number of carbonyl (C=O) groups excluding carboxylic acids is 1. The topological polar surface area (TPSA) is 32.3 Å². The maximum atomic E-state index is 13.1. The second-order valence-electron chi connectivity index (χ2n) is 5.79. The van der Waals surface area contributed by atoms with E-state index in [1.807, 2.05) is 24.3 Å². The lowest BCUT2D eigenvalue weighted by atomic mass is 10.1. The summed E-state index contributed by atoms with van der Waals surface area (Å²) in [5.41, 5.74) is 1.08. The van der Waals surface area contributed by atoms with E-state index in [9.17, 15) is 18.0 Å². The van der Waals surface area contributed by atoms with Gasteiger partial charge in [-0.1, -0.05) is 29.8 Å². The van der Waals surface area contributed by atoms with Crippen LogP contribution in [0.1, 0.15) is 17.5 Å². The minimum atomic E-state index is -4.51. The number of alkyl halides is 3. The van der Waals surface area contributed by atoms with Crippen LogP contribution in [-0.2, 0) is 17.4 Å². The van der Waals surface area contributed by atoms with Gasteiger partial charge in [-0.3, -0.25) is 4.79 Å². The summed E-state index contributed by atoms with van der Waals surface area (Å²) in [6, 6.07) is 11.2. The molecule has 0 bridgehead atoms. The molecule has 2 aromatic rings. The number of anilines is 2. The molecule has 25 heavy (non-hydrogen) atoms. The van der Waals surface area contributed by atoms with E-state index in [2.05, 4.69) is 5.32 Å². The van der Waals surface area contributed by atoms with E-state index in [1.165, 1.54) is 12.1 Å². The summed E-state index contributed by atoms with van der Waals surface area (Å²) in [5, 5.41) is 2.72. The summed E-state index contributed by atoms with van der Waals surface area (Å²) < 4.78 is 39.2. The summed E-state index contributed by atoms with van der Waals surface area (Å²) in [4.78, 5) is 14.1. The van der Waals surface area contributed by atoms with Crippen LogP contribution in [0.5, 0.6) is 0 Å². The van der Waals surface area contributed by atoms with Crippen molar-refractivity contribution in [2.24, 2.45) is 0 Å². The Bertz CT molecular complexity index is 792. The predicted molar refractivity (Wildman–Crippen MR) is 92.1 cm³/mol. The van der Waals surface area contributed by atoms with Crippen LogP contribution in [0.3, 0.4) is 0 Å². The highest BCUT2D eigenvalue weighted by molar-refractivity contribution is 6.30. The Hall–Kier alpha value is -2.21. The van der Waals surface area contributed by atoms with Crippen molar-refractivity contribution in [3.63, 3.8) is 0 Å². The zero-order valence-corrected chi connectivity index (χ0v) is 14.0. The molecule has 0 aromatic heterocycles. The lowest BCUT2D eigenvalue weighted by Gasteiger charge is -2.18. The molecule has 0 spiro atoms. The number of rotatable bonds is 4. The van der Waals surface area contributed by atoms with Gasteiger partial charge >= 0.3 is 6.18 Å². The van der Waals surface area contributed by atoms with Gasteiger partial charge in [0.25, 0.3) is 0 Å². The Morgan fingerprint density at radius 1 is 1.20 bits per heavy atom. The monoisotopic (exact) mass is 368 g/mol. The van der Waals surface area contributed by atoms with Gasteiger partial charge in [0, 0.05) is 35.9 Å². The van der Waals surface area contributed by atoms with Crippen molar-refractivity contribution in [3.05, 3.63) is 58.6 Å². The van der Waals surface area contributed by atoms with Gasteiger partial charge in [-0.15, -0.1) is 0 Å². The second-order valence-corrected chi connectivity index (χ2v) is 6.22. The van der Waals surface area contributed by atoms with Crippen LogP contribution in [0, 0.1) is 0 Å². The molecule has 1 aliphatic heterocycles. The van der Waals surface area contributed by atoms with Gasteiger partial charge in [-0.05, 0) is 36.2 Å². The Morgan fingerprint density at radius 2 is 1.96 bits per heavy atom. The average molecular weight is 369 g/mol. The molecule has 7 heteroatoms. The van der Waals surface area contributed by atoms with Crippen molar-refractivity contribution >= 4 is 28.9 Å². The number of amides is 1. The lowest BCUT2D eigenvalue weighted by Crippen LogP contribution is -2.30. The quantitative estimate of drug-likeness (QED) is 0.844. The molecule has 0 atom stereocenters. The van der Waals surface area contributed by atoms with E-state index in [1.54, 1.807) is 4.90 Å². The Balaban J connectivity index is 1.64. The molecule has 3 rings (SSSR count). The number of hydrogen-bond acceptors (Lipinski definition) is 2. The first kappa shape index (κ1) is 17.6. The number of fused-ring (bicyclic) bond motifs is 1. The smallest absolute Gasteiger partial charge is 0.384 e. The molecule has 132 valence electrons. The third kappa shape index (κ3) is 3.90. The van der Waals surface area contributed by atoms with Crippen molar-refractivity contribution in [1.29, 1.82) is 0 Å².